The molecule has 0 saturated heterocycles. The number of sulfonamides is 1. The molecule has 0 radical (unpaired) electrons. The predicted molar refractivity (Wildman–Crippen MR) is 79.4 cm³/mol. The van der Waals surface area contributed by atoms with E-state index in [1.165, 1.54) is 20.2 Å². The second-order valence-corrected chi connectivity index (χ2v) is 8.67. The zero-order valence-corrected chi connectivity index (χ0v) is 13.9. The van der Waals surface area contributed by atoms with Crippen molar-refractivity contribution in [2.75, 3.05) is 26.9 Å². The average molecular weight is 322 g/mol. The molecular weight excluding hydrogens is 300 g/mol. The number of nitrogens with zero attached hydrogens (tertiary/aromatic N) is 1. The Morgan fingerprint density at radius 3 is 2.60 bits per heavy atom. The monoisotopic (exact) mass is 322 g/mol. The minimum Gasteiger partial charge on any atom is -0.447 e. The van der Waals surface area contributed by atoms with Gasteiger partial charge in [-0.15, -0.1) is 0 Å². The van der Waals surface area contributed by atoms with Crippen molar-refractivity contribution in [3.05, 3.63) is 17.9 Å². The van der Waals surface area contributed by atoms with Crippen LogP contribution in [0.15, 0.2) is 21.6 Å². The predicted octanol–water partition coefficient (Wildman–Crippen LogP) is 0.777. The van der Waals surface area contributed by atoms with Gasteiger partial charge in [0.05, 0.1) is 6.54 Å². The third kappa shape index (κ3) is 4.69. The van der Waals surface area contributed by atoms with Gasteiger partial charge in [0.25, 0.3) is 10.0 Å². The number of hydrogen-bond donors (Lipinski definition) is 1. The highest BCUT2D eigenvalue weighted by molar-refractivity contribution is 7.89. The lowest BCUT2D eigenvalue weighted by Crippen LogP contribution is -2.22. The van der Waals surface area contributed by atoms with Gasteiger partial charge in [0.2, 0.25) is 5.09 Å². The minimum atomic E-state index is -3.51. The van der Waals surface area contributed by atoms with Crippen LogP contribution >= 0.6 is 0 Å². The lowest BCUT2D eigenvalue weighted by Gasteiger charge is -2.09. The number of furan rings is 1. The highest BCUT2D eigenvalue weighted by Crippen LogP contribution is 2.16. The van der Waals surface area contributed by atoms with E-state index < -0.39 is 20.8 Å². The largest absolute Gasteiger partial charge is 0.447 e. The Labute approximate surface area is 123 Å². The maximum Gasteiger partial charge on any atom is 0.275 e. The molecule has 6 nitrogen and oxygen atoms in total. The third-order valence-corrected chi connectivity index (χ3v) is 6.02. The van der Waals surface area contributed by atoms with Crippen molar-refractivity contribution in [3.63, 3.8) is 0 Å². The van der Waals surface area contributed by atoms with Crippen molar-refractivity contribution >= 4 is 20.8 Å². The molecule has 0 aliphatic carbocycles. The molecule has 116 valence electrons. The molecule has 1 aromatic rings. The SMILES string of the molecule is CC(CCNCc1ccc(S(=O)(=O)N(C)C)o1)S(C)=O. The molecule has 1 heterocycles. The topological polar surface area (TPSA) is 79.6 Å². The van der Waals surface area contributed by atoms with Crippen LogP contribution in [0.2, 0.25) is 0 Å². The second kappa shape index (κ2) is 7.35. The summed E-state index contributed by atoms with van der Waals surface area (Å²) in [6, 6.07) is 3.10. The van der Waals surface area contributed by atoms with Gasteiger partial charge in [0, 0.05) is 36.4 Å². The molecule has 0 fully saturated rings. The number of rotatable bonds is 8. The fourth-order valence-electron chi connectivity index (χ4n) is 1.45. The number of nitrogens with one attached hydrogen (secondary N) is 1. The van der Waals surface area contributed by atoms with Crippen LogP contribution in [0.1, 0.15) is 19.1 Å². The molecule has 0 spiro atoms. The summed E-state index contributed by atoms with van der Waals surface area (Å²) in [6.07, 6.45) is 2.49. The Balaban J connectivity index is 2.48. The first-order chi connectivity index (χ1) is 9.25. The van der Waals surface area contributed by atoms with Gasteiger partial charge in [-0.2, -0.15) is 0 Å². The van der Waals surface area contributed by atoms with Gasteiger partial charge >= 0.3 is 0 Å². The van der Waals surface area contributed by atoms with Crippen LogP contribution in [0.5, 0.6) is 0 Å². The van der Waals surface area contributed by atoms with Crippen LogP contribution in [0.4, 0.5) is 0 Å². The molecule has 2 unspecified atom stereocenters. The van der Waals surface area contributed by atoms with E-state index in [1.54, 1.807) is 12.3 Å². The van der Waals surface area contributed by atoms with E-state index in [4.69, 9.17) is 4.42 Å². The molecule has 0 aliphatic heterocycles. The first kappa shape index (κ1) is 17.4. The van der Waals surface area contributed by atoms with E-state index in [0.29, 0.717) is 18.8 Å². The summed E-state index contributed by atoms with van der Waals surface area (Å²) in [5.74, 6) is 0.565. The third-order valence-electron chi connectivity index (χ3n) is 2.97. The quantitative estimate of drug-likeness (QED) is 0.715. The van der Waals surface area contributed by atoms with E-state index in [0.717, 1.165) is 10.7 Å². The van der Waals surface area contributed by atoms with Crippen LogP contribution < -0.4 is 5.32 Å². The fourth-order valence-corrected chi connectivity index (χ4v) is 2.72. The van der Waals surface area contributed by atoms with Crippen LogP contribution in [0.3, 0.4) is 0 Å². The molecule has 0 aromatic carbocycles. The van der Waals surface area contributed by atoms with Gasteiger partial charge in [-0.05, 0) is 25.1 Å². The fraction of sp³-hybridized carbons (Fsp3) is 0.667. The Bertz CT molecular complexity index is 552. The first-order valence-corrected chi connectivity index (χ1v) is 9.35. The van der Waals surface area contributed by atoms with Crippen LogP contribution in [0.25, 0.3) is 0 Å². The maximum atomic E-state index is 11.8. The van der Waals surface area contributed by atoms with Gasteiger partial charge in [0.15, 0.2) is 0 Å². The molecule has 1 N–H and O–H groups in total. The number of hydrogen-bond acceptors (Lipinski definition) is 5. The van der Waals surface area contributed by atoms with Crippen molar-refractivity contribution in [2.45, 2.75) is 30.2 Å². The van der Waals surface area contributed by atoms with Crippen LogP contribution in [0, 0.1) is 0 Å². The Kier molecular flexibility index (Phi) is 6.38. The molecule has 1 aromatic heterocycles. The maximum absolute atomic E-state index is 11.8. The summed E-state index contributed by atoms with van der Waals surface area (Å²) in [7, 11) is -1.41. The van der Waals surface area contributed by atoms with Gasteiger partial charge in [-0.1, -0.05) is 6.92 Å². The molecule has 0 aliphatic rings. The van der Waals surface area contributed by atoms with Crippen molar-refractivity contribution in [1.82, 2.24) is 9.62 Å². The standard InChI is InChI=1S/C12H22N2O4S2/c1-10(19(4)15)7-8-13-9-11-5-6-12(18-11)20(16,17)14(2)3/h5-6,10,13H,7-9H2,1-4H3. The molecular formula is C12H22N2O4S2. The summed E-state index contributed by atoms with van der Waals surface area (Å²) in [5, 5.41) is 3.23. The van der Waals surface area contributed by atoms with Crippen LogP contribution in [-0.2, 0) is 27.4 Å². The molecule has 1 rings (SSSR count). The van der Waals surface area contributed by atoms with E-state index in [-0.39, 0.29) is 10.3 Å². The van der Waals surface area contributed by atoms with Crippen molar-refractivity contribution in [1.29, 1.82) is 0 Å². The van der Waals surface area contributed by atoms with Gasteiger partial charge in [0.1, 0.15) is 5.76 Å². The smallest absolute Gasteiger partial charge is 0.275 e. The summed E-state index contributed by atoms with van der Waals surface area (Å²) in [4.78, 5) is 0. The summed E-state index contributed by atoms with van der Waals surface area (Å²) in [5.41, 5.74) is 0. The van der Waals surface area contributed by atoms with Crippen molar-refractivity contribution in [3.8, 4) is 0 Å². The Hall–Kier alpha value is -0.700. The Morgan fingerprint density at radius 1 is 1.40 bits per heavy atom. The van der Waals surface area contributed by atoms with E-state index in [2.05, 4.69) is 5.32 Å². The molecule has 8 heteroatoms. The minimum absolute atomic E-state index is 0.0534. The lowest BCUT2D eigenvalue weighted by atomic mass is 10.3. The van der Waals surface area contributed by atoms with Crippen molar-refractivity contribution in [2.24, 2.45) is 0 Å². The zero-order chi connectivity index (χ0) is 15.3. The summed E-state index contributed by atoms with van der Waals surface area (Å²) < 4.78 is 41.2. The van der Waals surface area contributed by atoms with Gasteiger partial charge in [-0.3, -0.25) is 4.21 Å². The lowest BCUT2D eigenvalue weighted by molar-refractivity contribution is 0.389. The zero-order valence-electron chi connectivity index (χ0n) is 12.3. The van der Waals surface area contributed by atoms with Crippen molar-refractivity contribution < 1.29 is 17.0 Å². The summed E-state index contributed by atoms with van der Waals surface area (Å²) >= 11 is 0. The van der Waals surface area contributed by atoms with E-state index in [9.17, 15) is 12.6 Å². The highest BCUT2D eigenvalue weighted by Gasteiger charge is 2.21. The molecule has 2 atom stereocenters. The molecule has 0 amide bonds. The van der Waals surface area contributed by atoms with Gasteiger partial charge < -0.3 is 9.73 Å². The second-order valence-electron chi connectivity index (χ2n) is 4.78. The Morgan fingerprint density at radius 2 is 2.05 bits per heavy atom. The average Bonchev–Trinajstić information content (AvgIpc) is 2.83. The molecule has 0 bridgehead atoms. The van der Waals surface area contributed by atoms with Crippen LogP contribution in [-0.4, -0.2) is 49.1 Å². The highest BCUT2D eigenvalue weighted by atomic mass is 32.2. The van der Waals surface area contributed by atoms with Gasteiger partial charge in [-0.25, -0.2) is 12.7 Å². The van der Waals surface area contributed by atoms with E-state index >= 15 is 0 Å². The summed E-state index contributed by atoms with van der Waals surface area (Å²) in [6.45, 7) is 3.09. The molecule has 0 saturated carbocycles. The first-order valence-electron chi connectivity index (χ1n) is 6.29. The van der Waals surface area contributed by atoms with E-state index in [1.807, 2.05) is 6.92 Å². The molecule has 20 heavy (non-hydrogen) atoms. The normalized spacial score (nSPS) is 15.4.